The maximum atomic E-state index is 13.0. The molecular formula is C23H24F2N4O4. The number of carbonyl (C=O) groups excluding carboxylic acids is 1. The summed E-state index contributed by atoms with van der Waals surface area (Å²) in [7, 11) is 1.34. The van der Waals surface area contributed by atoms with Crippen LogP contribution in [-0.2, 0) is 6.54 Å². The molecule has 8 nitrogen and oxygen atoms in total. The van der Waals surface area contributed by atoms with Gasteiger partial charge in [-0.15, -0.1) is 0 Å². The van der Waals surface area contributed by atoms with Crippen molar-refractivity contribution in [2.75, 3.05) is 33.3 Å². The van der Waals surface area contributed by atoms with Crippen LogP contribution >= 0.6 is 0 Å². The summed E-state index contributed by atoms with van der Waals surface area (Å²) in [5, 5.41) is 4.05. The molecule has 0 N–H and O–H groups in total. The predicted octanol–water partition coefficient (Wildman–Crippen LogP) is 3.61. The van der Waals surface area contributed by atoms with Gasteiger partial charge in [0.25, 0.3) is 5.91 Å². The van der Waals surface area contributed by atoms with Crippen LogP contribution in [0, 0.1) is 6.92 Å². The molecule has 1 saturated heterocycles. The topological polar surface area (TPSA) is 80.9 Å². The van der Waals surface area contributed by atoms with Crippen LogP contribution < -0.4 is 9.47 Å². The van der Waals surface area contributed by atoms with E-state index in [4.69, 9.17) is 9.26 Å². The number of aryl methyl sites for hydroxylation is 1. The smallest absolute Gasteiger partial charge is 0.387 e. The molecule has 10 heteroatoms. The fourth-order valence-electron chi connectivity index (χ4n) is 3.67. The molecule has 0 bridgehead atoms. The van der Waals surface area contributed by atoms with Gasteiger partial charge >= 0.3 is 6.61 Å². The summed E-state index contributed by atoms with van der Waals surface area (Å²) in [5.41, 5.74) is 2.07. The number of alkyl halides is 2. The summed E-state index contributed by atoms with van der Waals surface area (Å²) in [5.74, 6) is 0.468. The van der Waals surface area contributed by atoms with E-state index in [1.54, 1.807) is 11.0 Å². The molecule has 1 aliphatic heterocycles. The minimum atomic E-state index is -3.07. The van der Waals surface area contributed by atoms with Crippen LogP contribution in [0.3, 0.4) is 0 Å². The number of nitrogens with zero attached hydrogens (tertiary/aromatic N) is 4. The highest BCUT2D eigenvalue weighted by Crippen LogP contribution is 2.33. The average molecular weight is 458 g/mol. The van der Waals surface area contributed by atoms with Crippen molar-refractivity contribution in [3.05, 3.63) is 59.5 Å². The summed E-state index contributed by atoms with van der Waals surface area (Å²) in [6, 6.07) is 12.4. The molecule has 0 aliphatic carbocycles. The lowest BCUT2D eigenvalue weighted by molar-refractivity contribution is -0.0517. The largest absolute Gasteiger partial charge is 0.493 e. The maximum Gasteiger partial charge on any atom is 0.387 e. The van der Waals surface area contributed by atoms with Crippen molar-refractivity contribution in [1.29, 1.82) is 0 Å². The minimum Gasteiger partial charge on any atom is -0.493 e. The van der Waals surface area contributed by atoms with Gasteiger partial charge in [0.15, 0.2) is 11.5 Å². The Morgan fingerprint density at radius 3 is 2.52 bits per heavy atom. The lowest BCUT2D eigenvalue weighted by Crippen LogP contribution is -2.48. The van der Waals surface area contributed by atoms with Crippen molar-refractivity contribution in [1.82, 2.24) is 19.9 Å². The molecule has 33 heavy (non-hydrogen) atoms. The summed E-state index contributed by atoms with van der Waals surface area (Å²) >= 11 is 0. The van der Waals surface area contributed by atoms with E-state index in [1.165, 1.54) is 19.2 Å². The Balaban J connectivity index is 1.38. The molecule has 0 spiro atoms. The van der Waals surface area contributed by atoms with Gasteiger partial charge in [0.05, 0.1) is 19.2 Å². The number of piperazine rings is 1. The first-order valence-electron chi connectivity index (χ1n) is 10.5. The van der Waals surface area contributed by atoms with Crippen molar-refractivity contribution in [2.45, 2.75) is 20.1 Å². The Labute approximate surface area is 189 Å². The molecule has 0 saturated carbocycles. The van der Waals surface area contributed by atoms with Crippen molar-refractivity contribution in [2.24, 2.45) is 0 Å². The third-order valence-corrected chi connectivity index (χ3v) is 5.43. The Morgan fingerprint density at radius 1 is 1.12 bits per heavy atom. The number of benzene rings is 2. The second-order valence-electron chi connectivity index (χ2n) is 7.66. The normalized spacial score (nSPS) is 14.5. The molecule has 0 unspecified atom stereocenters. The van der Waals surface area contributed by atoms with E-state index in [0.717, 1.165) is 11.1 Å². The van der Waals surface area contributed by atoms with Gasteiger partial charge in [-0.1, -0.05) is 41.1 Å². The van der Waals surface area contributed by atoms with Crippen LogP contribution in [0.2, 0.25) is 0 Å². The number of halogens is 2. The van der Waals surface area contributed by atoms with E-state index in [9.17, 15) is 13.6 Å². The third-order valence-electron chi connectivity index (χ3n) is 5.43. The second-order valence-corrected chi connectivity index (χ2v) is 7.66. The van der Waals surface area contributed by atoms with Crippen LogP contribution in [0.15, 0.2) is 47.0 Å². The number of para-hydroxylation sites is 1. The summed E-state index contributed by atoms with van der Waals surface area (Å²) in [6.45, 7) is 1.39. The number of amides is 1. The first-order chi connectivity index (χ1) is 15.9. The Bertz CT molecular complexity index is 1100. The van der Waals surface area contributed by atoms with Crippen molar-refractivity contribution in [3.63, 3.8) is 0 Å². The van der Waals surface area contributed by atoms with Gasteiger partial charge in [0.2, 0.25) is 11.7 Å². The SMILES string of the molecule is COc1cccc(C(=O)N2CCN(Cc3nc(-c4ccc(C)cc4)no3)CC2)c1OC(F)F. The van der Waals surface area contributed by atoms with Crippen molar-refractivity contribution < 1.29 is 27.6 Å². The van der Waals surface area contributed by atoms with Gasteiger partial charge in [0.1, 0.15) is 0 Å². The van der Waals surface area contributed by atoms with Gasteiger partial charge in [0, 0.05) is 31.7 Å². The Morgan fingerprint density at radius 2 is 1.85 bits per heavy atom. The van der Waals surface area contributed by atoms with Crippen LogP contribution in [0.1, 0.15) is 21.8 Å². The third kappa shape index (κ3) is 5.28. The fraction of sp³-hybridized carbons (Fsp3) is 0.348. The van der Waals surface area contributed by atoms with E-state index in [1.807, 2.05) is 31.2 Å². The Hall–Kier alpha value is -3.53. The molecule has 4 rings (SSSR count). The number of carbonyl (C=O) groups is 1. The molecule has 1 aromatic heterocycles. The second kappa shape index (κ2) is 9.95. The summed E-state index contributed by atoms with van der Waals surface area (Å²) in [4.78, 5) is 21.2. The van der Waals surface area contributed by atoms with E-state index < -0.39 is 6.61 Å². The molecule has 1 fully saturated rings. The molecule has 3 aromatic rings. The number of ether oxygens (including phenoxy) is 2. The average Bonchev–Trinajstić information content (AvgIpc) is 3.28. The number of hydrogen-bond acceptors (Lipinski definition) is 7. The van der Waals surface area contributed by atoms with E-state index in [2.05, 4.69) is 19.8 Å². The van der Waals surface area contributed by atoms with Gasteiger partial charge in [-0.3, -0.25) is 9.69 Å². The number of hydrogen-bond donors (Lipinski definition) is 0. The van der Waals surface area contributed by atoms with Gasteiger partial charge in [-0.25, -0.2) is 0 Å². The minimum absolute atomic E-state index is 0.0442. The van der Waals surface area contributed by atoms with Crippen LogP contribution in [-0.4, -0.2) is 65.7 Å². The van der Waals surface area contributed by atoms with E-state index >= 15 is 0 Å². The zero-order chi connectivity index (χ0) is 23.4. The molecule has 1 amide bonds. The Kier molecular flexibility index (Phi) is 6.83. The van der Waals surface area contributed by atoms with Gasteiger partial charge in [-0.05, 0) is 19.1 Å². The quantitative estimate of drug-likeness (QED) is 0.535. The molecule has 1 aliphatic rings. The molecule has 0 atom stereocenters. The van der Waals surface area contributed by atoms with Gasteiger partial charge < -0.3 is 18.9 Å². The first kappa shape index (κ1) is 22.7. The summed E-state index contributed by atoms with van der Waals surface area (Å²) < 4.78 is 40.8. The highest BCUT2D eigenvalue weighted by Gasteiger charge is 2.27. The molecule has 2 heterocycles. The standard InChI is InChI=1S/C23H24F2N4O4/c1-15-6-8-16(9-7-15)21-26-19(33-27-21)14-28-10-12-29(13-11-28)22(30)17-4-3-5-18(31-2)20(17)32-23(24)25/h3-9,23H,10-14H2,1-2H3. The number of methoxy groups -OCH3 is 1. The number of aromatic nitrogens is 2. The molecular weight excluding hydrogens is 434 g/mol. The van der Waals surface area contributed by atoms with E-state index in [-0.39, 0.29) is 23.0 Å². The molecule has 0 radical (unpaired) electrons. The zero-order valence-electron chi connectivity index (χ0n) is 18.3. The van der Waals surface area contributed by atoms with Crippen LogP contribution in [0.4, 0.5) is 8.78 Å². The summed E-state index contributed by atoms with van der Waals surface area (Å²) in [6.07, 6.45) is 0. The van der Waals surface area contributed by atoms with Crippen LogP contribution in [0.25, 0.3) is 11.4 Å². The van der Waals surface area contributed by atoms with Crippen molar-refractivity contribution >= 4 is 5.91 Å². The molecule has 174 valence electrons. The first-order valence-corrected chi connectivity index (χ1v) is 10.5. The van der Waals surface area contributed by atoms with Gasteiger partial charge in [-0.2, -0.15) is 13.8 Å². The lowest BCUT2D eigenvalue weighted by atomic mass is 10.1. The maximum absolute atomic E-state index is 13.0. The predicted molar refractivity (Wildman–Crippen MR) is 115 cm³/mol. The highest BCUT2D eigenvalue weighted by atomic mass is 19.3. The monoisotopic (exact) mass is 458 g/mol. The highest BCUT2D eigenvalue weighted by molar-refractivity contribution is 5.98. The fourth-order valence-corrected chi connectivity index (χ4v) is 3.67. The van der Waals surface area contributed by atoms with Crippen molar-refractivity contribution in [3.8, 4) is 22.9 Å². The lowest BCUT2D eigenvalue weighted by Gasteiger charge is -2.34. The zero-order valence-corrected chi connectivity index (χ0v) is 18.3. The number of rotatable bonds is 7. The van der Waals surface area contributed by atoms with Crippen LogP contribution in [0.5, 0.6) is 11.5 Å². The van der Waals surface area contributed by atoms with E-state index in [0.29, 0.717) is 44.4 Å². The molecule has 2 aromatic carbocycles.